The van der Waals surface area contributed by atoms with Gasteiger partial charge < -0.3 is 30.0 Å². The van der Waals surface area contributed by atoms with Gasteiger partial charge in [0.2, 0.25) is 5.43 Å². The molecule has 46 heavy (non-hydrogen) atoms. The van der Waals surface area contributed by atoms with Crippen LogP contribution in [0.4, 0.5) is 10.1 Å². The minimum absolute atomic E-state index is 0.0148. The van der Waals surface area contributed by atoms with Crippen molar-refractivity contribution in [2.45, 2.75) is 39.5 Å². The maximum absolute atomic E-state index is 15.5. The average molecular weight is 625 g/mol. The Morgan fingerprint density at radius 1 is 1.02 bits per heavy atom. The van der Waals surface area contributed by atoms with Crippen molar-refractivity contribution < 1.29 is 18.7 Å². The number of hydrogen-bond donors (Lipinski definition) is 2. The molecule has 3 N–H and O–H groups in total. The number of carbonyl (C=O) groups excluding carboxylic acids is 1. The molecule has 4 aromatic carbocycles. The lowest BCUT2D eigenvalue weighted by molar-refractivity contribution is 0.0999. The number of carbonyl (C=O) groups is 1. The molecule has 0 atom stereocenters. The second-order valence-corrected chi connectivity index (χ2v) is 11.6. The number of primary amides is 1. The van der Waals surface area contributed by atoms with E-state index in [4.69, 9.17) is 15.2 Å². The molecule has 1 amide bonds. The highest BCUT2D eigenvalue weighted by Gasteiger charge is 2.28. The highest BCUT2D eigenvalue weighted by molar-refractivity contribution is 6.01. The zero-order valence-electron chi connectivity index (χ0n) is 26.9. The topological polar surface area (TPSA) is 98.8 Å². The third kappa shape index (κ3) is 6.84. The van der Waals surface area contributed by atoms with Crippen LogP contribution in [0.1, 0.15) is 49.0 Å². The fraction of sp³-hybridized carbons (Fsp3) is 0.297. The Balaban J connectivity index is 0.000000405. The molecule has 1 fully saturated rings. The number of hydrogen-bond acceptors (Lipinski definition) is 6. The lowest BCUT2D eigenvalue weighted by Gasteiger charge is -2.26. The first kappa shape index (κ1) is 32.5. The van der Waals surface area contributed by atoms with Crippen molar-refractivity contribution in [1.29, 1.82) is 0 Å². The summed E-state index contributed by atoms with van der Waals surface area (Å²) in [4.78, 5) is 27.6. The highest BCUT2D eigenvalue weighted by Crippen LogP contribution is 2.46. The molecule has 2 aliphatic heterocycles. The van der Waals surface area contributed by atoms with Gasteiger partial charge in [0.15, 0.2) is 17.3 Å². The third-order valence-electron chi connectivity index (χ3n) is 7.94. The number of halogens is 1. The fourth-order valence-electron chi connectivity index (χ4n) is 5.68. The third-order valence-corrected chi connectivity index (χ3v) is 7.94. The van der Waals surface area contributed by atoms with Gasteiger partial charge in [-0.25, -0.2) is 4.39 Å². The Morgan fingerprint density at radius 2 is 1.72 bits per heavy atom. The van der Waals surface area contributed by atoms with E-state index in [1.807, 2.05) is 60.7 Å². The molecule has 0 saturated carbocycles. The lowest BCUT2D eigenvalue weighted by Crippen LogP contribution is -2.25. The number of ether oxygens (including phenoxy) is 2. The number of rotatable bonds is 6. The molecule has 8 nitrogen and oxygen atoms in total. The Hall–Kier alpha value is -4.89. The molecule has 0 bridgehead atoms. The van der Waals surface area contributed by atoms with Gasteiger partial charge in [0.05, 0.1) is 18.2 Å². The molecule has 1 aromatic heterocycles. The molecule has 2 aliphatic rings. The summed E-state index contributed by atoms with van der Waals surface area (Å²) in [6, 6.07) is 20.3. The maximum Gasteiger partial charge on any atom is 0.254 e. The molecule has 0 aliphatic carbocycles. The van der Waals surface area contributed by atoms with E-state index in [9.17, 15) is 9.59 Å². The highest BCUT2D eigenvalue weighted by atomic mass is 19.1. The van der Waals surface area contributed by atoms with Gasteiger partial charge in [0.1, 0.15) is 22.5 Å². The number of nitrogens with zero attached hydrogens (tertiary/aromatic N) is 2. The van der Waals surface area contributed by atoms with Crippen molar-refractivity contribution in [3.8, 4) is 22.9 Å². The van der Waals surface area contributed by atoms with Crippen molar-refractivity contribution in [3.63, 3.8) is 0 Å². The van der Waals surface area contributed by atoms with E-state index in [-0.39, 0.29) is 22.4 Å². The first-order chi connectivity index (χ1) is 22.2. The number of amides is 1. The van der Waals surface area contributed by atoms with Gasteiger partial charge in [-0.2, -0.15) is 0 Å². The number of nitrogens with two attached hydrogens (primary N) is 1. The molecule has 7 rings (SSSR count). The first-order valence-corrected chi connectivity index (χ1v) is 15.7. The van der Waals surface area contributed by atoms with E-state index in [2.05, 4.69) is 31.1 Å². The summed E-state index contributed by atoms with van der Waals surface area (Å²) in [6.07, 6.45) is 6.08. The van der Waals surface area contributed by atoms with Crippen molar-refractivity contribution in [3.05, 3.63) is 100 Å². The van der Waals surface area contributed by atoms with Gasteiger partial charge in [0.25, 0.3) is 5.91 Å². The summed E-state index contributed by atoms with van der Waals surface area (Å²) in [5, 5.41) is 5.04. The number of anilines is 1. The van der Waals surface area contributed by atoms with Crippen LogP contribution < -0.4 is 26.0 Å². The van der Waals surface area contributed by atoms with Crippen LogP contribution in [-0.4, -0.2) is 49.2 Å². The second-order valence-electron chi connectivity index (χ2n) is 11.6. The van der Waals surface area contributed by atoms with E-state index in [0.717, 1.165) is 28.2 Å². The summed E-state index contributed by atoms with van der Waals surface area (Å²) in [6.45, 7) is 7.29. The maximum atomic E-state index is 15.5. The van der Waals surface area contributed by atoms with Crippen LogP contribution in [0, 0.1) is 5.82 Å². The first-order valence-electron chi connectivity index (χ1n) is 15.7. The quantitative estimate of drug-likeness (QED) is 0.202. The Kier molecular flexibility index (Phi) is 10.2. The van der Waals surface area contributed by atoms with Crippen LogP contribution >= 0.6 is 0 Å². The van der Waals surface area contributed by atoms with Crippen molar-refractivity contribution in [2.24, 2.45) is 5.73 Å². The molecular formula is C37H41FN4O4. The zero-order valence-corrected chi connectivity index (χ0v) is 26.9. The van der Waals surface area contributed by atoms with Crippen LogP contribution in [-0.2, 0) is 6.42 Å². The molecule has 0 radical (unpaired) electrons. The Labute approximate surface area is 268 Å². The molecule has 5 aromatic rings. The van der Waals surface area contributed by atoms with Gasteiger partial charge in [-0.15, -0.1) is 0 Å². The van der Waals surface area contributed by atoms with Crippen molar-refractivity contribution in [2.75, 3.05) is 39.1 Å². The van der Waals surface area contributed by atoms with Gasteiger partial charge in [-0.05, 0) is 86.1 Å². The summed E-state index contributed by atoms with van der Waals surface area (Å²) >= 11 is 0. The minimum atomic E-state index is -0.882. The molecule has 1 saturated heterocycles. The van der Waals surface area contributed by atoms with E-state index in [1.54, 1.807) is 11.7 Å². The van der Waals surface area contributed by atoms with Crippen molar-refractivity contribution >= 4 is 33.3 Å². The lowest BCUT2D eigenvalue weighted by atomic mass is 10.0. The van der Waals surface area contributed by atoms with Crippen LogP contribution in [0.2, 0.25) is 0 Å². The molecule has 240 valence electrons. The molecule has 3 heterocycles. The van der Waals surface area contributed by atoms with Crippen LogP contribution in [0.5, 0.6) is 17.2 Å². The number of pyridine rings is 1. The SMILES string of the molecule is CCC.CN1CCCC1.COc1cccc(CCNc2c(F)cc3c(=O)c(C(N)=O)cn4c3c2Oc2cc3ccccc3cc2-4)c1. The van der Waals surface area contributed by atoms with E-state index in [0.29, 0.717) is 29.9 Å². The average Bonchev–Trinajstić information content (AvgIpc) is 3.54. The molecular weight excluding hydrogens is 583 g/mol. The smallest absolute Gasteiger partial charge is 0.254 e. The van der Waals surface area contributed by atoms with E-state index < -0.39 is 17.2 Å². The number of fused-ring (bicyclic) bond motifs is 3. The van der Waals surface area contributed by atoms with Crippen molar-refractivity contribution in [1.82, 2.24) is 9.47 Å². The molecule has 9 heteroatoms. The monoisotopic (exact) mass is 624 g/mol. The standard InChI is InChI=1S/C29H22FN3O4.C5H11N.C3H8/c1-36-19-8-4-5-16(11-19)9-10-32-25-22(30)14-20-26-28(25)37-24-13-18-7-3-2-6-17(18)12-23(24)33(26)15-21(27(20)34)29(31)35;1-6-4-2-3-5-6;1-3-2/h2-8,11-15,32H,9-10H2,1H3,(H2,31,35);2-5H2,1H3;3H2,1-2H3. The van der Waals surface area contributed by atoms with Crippen LogP contribution in [0.3, 0.4) is 0 Å². The normalized spacial score (nSPS) is 13.2. The Morgan fingerprint density at radius 3 is 2.35 bits per heavy atom. The largest absolute Gasteiger partial charge is 0.497 e. The molecule has 0 unspecified atom stereocenters. The summed E-state index contributed by atoms with van der Waals surface area (Å²) in [5.74, 6) is -0.162. The van der Waals surface area contributed by atoms with Gasteiger partial charge >= 0.3 is 0 Å². The van der Waals surface area contributed by atoms with E-state index >= 15 is 4.39 Å². The summed E-state index contributed by atoms with van der Waals surface area (Å²) in [5.41, 5.74) is 6.77. The minimum Gasteiger partial charge on any atom is -0.497 e. The number of nitrogens with one attached hydrogen (secondary N) is 1. The second kappa shape index (κ2) is 14.5. The number of methoxy groups -OCH3 is 1. The van der Waals surface area contributed by atoms with E-state index in [1.165, 1.54) is 38.5 Å². The number of likely N-dealkylation sites (tertiary alicyclic amines) is 1. The summed E-state index contributed by atoms with van der Waals surface area (Å²) < 4.78 is 28.7. The predicted molar refractivity (Wildman–Crippen MR) is 183 cm³/mol. The molecule has 0 spiro atoms. The number of benzene rings is 4. The summed E-state index contributed by atoms with van der Waals surface area (Å²) in [7, 11) is 3.78. The van der Waals surface area contributed by atoms with Gasteiger partial charge in [-0.1, -0.05) is 56.7 Å². The van der Waals surface area contributed by atoms with Gasteiger partial charge in [-0.3, -0.25) is 9.59 Å². The zero-order chi connectivity index (χ0) is 32.8. The van der Waals surface area contributed by atoms with Crippen LogP contribution in [0.15, 0.2) is 77.7 Å². The number of aromatic nitrogens is 1. The van der Waals surface area contributed by atoms with Gasteiger partial charge in [0, 0.05) is 12.7 Å². The van der Waals surface area contributed by atoms with Crippen LogP contribution in [0.25, 0.3) is 27.4 Å². The predicted octanol–water partition coefficient (Wildman–Crippen LogP) is 7.28. The Bertz CT molecular complexity index is 1930. The fourth-order valence-corrected chi connectivity index (χ4v) is 5.68.